The second kappa shape index (κ2) is 17.5. The highest BCUT2D eigenvalue weighted by atomic mass is 32.2. The van der Waals surface area contributed by atoms with Gasteiger partial charge in [0, 0.05) is 18.0 Å². The second-order valence-electron chi connectivity index (χ2n) is 11.2. The van der Waals surface area contributed by atoms with E-state index < -0.39 is 91.6 Å². The van der Waals surface area contributed by atoms with E-state index in [9.17, 15) is 48.7 Å². The fourth-order valence-electron chi connectivity index (χ4n) is 4.92. The van der Waals surface area contributed by atoms with Gasteiger partial charge in [0.1, 0.15) is 40.9 Å². The standard InChI is InChI=1S/C33H37F2N3O10S/c34-20-5-1-18(2-6-20)26(42)17-49-32-29(38(33(32)47)22-9-7-21(35)8-10-22)19-3-11-23(12-4-19)48-16-28(44)37-14-27(43)36-13-24(40)30(45)31(46)25(41)15-39/h1-12,24-26,29-32,39-42,45-46H,13-17H2,(H,36,43)(H,37,44)/t24-,25+,26?,29+,30+,31+,32+/m0/s1. The van der Waals surface area contributed by atoms with Crippen LogP contribution in [-0.4, -0.2) is 110 Å². The van der Waals surface area contributed by atoms with Crippen molar-refractivity contribution < 1.29 is 58.5 Å². The molecule has 16 heteroatoms. The van der Waals surface area contributed by atoms with Gasteiger partial charge in [-0.05, 0) is 59.7 Å². The second-order valence-corrected chi connectivity index (χ2v) is 12.4. The predicted octanol–water partition coefficient (Wildman–Crippen LogP) is -0.0648. The Labute approximate surface area is 284 Å². The lowest BCUT2D eigenvalue weighted by molar-refractivity contribution is -0.129. The topological polar surface area (TPSA) is 209 Å². The number of aliphatic hydroxyl groups excluding tert-OH is 6. The Morgan fingerprint density at radius 2 is 1.41 bits per heavy atom. The number of β-lactam (4-membered cyclic amide) rings is 1. The van der Waals surface area contributed by atoms with E-state index in [0.717, 1.165) is 0 Å². The van der Waals surface area contributed by atoms with Crippen molar-refractivity contribution in [1.82, 2.24) is 10.6 Å². The molecule has 3 amide bonds. The molecule has 1 saturated heterocycles. The Balaban J connectivity index is 1.30. The Morgan fingerprint density at radius 1 is 0.816 bits per heavy atom. The van der Waals surface area contributed by atoms with Crippen molar-refractivity contribution in [3.05, 3.63) is 95.6 Å². The number of hydrogen-bond donors (Lipinski definition) is 8. The third-order valence-corrected chi connectivity index (χ3v) is 9.04. The molecule has 1 heterocycles. The molecule has 0 spiro atoms. The zero-order valence-corrected chi connectivity index (χ0v) is 26.7. The summed E-state index contributed by atoms with van der Waals surface area (Å²) in [4.78, 5) is 39.1. The fourth-order valence-corrected chi connectivity index (χ4v) is 6.22. The van der Waals surface area contributed by atoms with Gasteiger partial charge in [-0.3, -0.25) is 14.4 Å². The fraction of sp³-hybridized carbons (Fsp3) is 0.364. The zero-order chi connectivity index (χ0) is 35.7. The van der Waals surface area contributed by atoms with Crippen molar-refractivity contribution in [2.45, 2.75) is 41.8 Å². The van der Waals surface area contributed by atoms with Crippen molar-refractivity contribution >= 4 is 35.2 Å². The molecule has 0 saturated carbocycles. The summed E-state index contributed by atoms with van der Waals surface area (Å²) in [7, 11) is 0. The molecule has 0 bridgehead atoms. The maximum absolute atomic E-state index is 13.6. The molecule has 1 fully saturated rings. The summed E-state index contributed by atoms with van der Waals surface area (Å²) in [5.41, 5.74) is 1.69. The molecular formula is C33H37F2N3O10S. The summed E-state index contributed by atoms with van der Waals surface area (Å²) in [6.07, 6.45) is -7.99. The molecule has 1 unspecified atom stereocenters. The van der Waals surface area contributed by atoms with Gasteiger partial charge >= 0.3 is 0 Å². The van der Waals surface area contributed by atoms with E-state index >= 15 is 0 Å². The van der Waals surface area contributed by atoms with Crippen LogP contribution in [0.2, 0.25) is 0 Å². The number of aliphatic hydroxyl groups is 6. The van der Waals surface area contributed by atoms with Crippen LogP contribution >= 0.6 is 11.8 Å². The van der Waals surface area contributed by atoms with Crippen molar-refractivity contribution in [2.24, 2.45) is 0 Å². The van der Waals surface area contributed by atoms with E-state index in [1.54, 1.807) is 24.3 Å². The van der Waals surface area contributed by atoms with Gasteiger partial charge < -0.3 is 50.9 Å². The minimum absolute atomic E-state index is 0.157. The number of benzene rings is 3. The number of nitrogens with one attached hydrogen (secondary N) is 2. The monoisotopic (exact) mass is 705 g/mol. The molecule has 7 atom stereocenters. The van der Waals surface area contributed by atoms with Gasteiger partial charge in [0.15, 0.2) is 6.61 Å². The van der Waals surface area contributed by atoms with Crippen LogP contribution in [0.4, 0.5) is 14.5 Å². The smallest absolute Gasteiger partial charge is 0.258 e. The molecule has 0 radical (unpaired) electrons. The normalized spacial score (nSPS) is 18.9. The van der Waals surface area contributed by atoms with Crippen LogP contribution in [0, 0.1) is 11.6 Å². The summed E-state index contributed by atoms with van der Waals surface area (Å²) in [6, 6.07) is 17.0. The minimum Gasteiger partial charge on any atom is -0.484 e. The molecule has 0 aliphatic carbocycles. The van der Waals surface area contributed by atoms with E-state index in [-0.39, 0.29) is 11.7 Å². The van der Waals surface area contributed by atoms with Gasteiger partial charge in [-0.2, -0.15) is 0 Å². The van der Waals surface area contributed by atoms with Crippen LogP contribution in [0.3, 0.4) is 0 Å². The van der Waals surface area contributed by atoms with Crippen molar-refractivity contribution in [2.75, 3.05) is 37.0 Å². The summed E-state index contributed by atoms with van der Waals surface area (Å²) < 4.78 is 32.4. The minimum atomic E-state index is -1.85. The summed E-state index contributed by atoms with van der Waals surface area (Å²) in [5.74, 6) is -2.04. The molecule has 1 aliphatic rings. The number of amides is 3. The maximum atomic E-state index is 13.6. The highest BCUT2D eigenvalue weighted by molar-refractivity contribution is 8.00. The van der Waals surface area contributed by atoms with Crippen LogP contribution in [-0.2, 0) is 14.4 Å². The van der Waals surface area contributed by atoms with Crippen LogP contribution in [0.1, 0.15) is 23.3 Å². The molecule has 4 rings (SSSR count). The highest BCUT2D eigenvalue weighted by Crippen LogP contribution is 2.46. The summed E-state index contributed by atoms with van der Waals surface area (Å²) >= 11 is 1.24. The lowest BCUT2D eigenvalue weighted by Crippen LogP contribution is -2.57. The van der Waals surface area contributed by atoms with Crippen molar-refractivity contribution in [3.8, 4) is 5.75 Å². The first-order chi connectivity index (χ1) is 23.4. The molecule has 3 aromatic carbocycles. The molecule has 0 aromatic heterocycles. The van der Waals surface area contributed by atoms with Gasteiger partial charge in [0.2, 0.25) is 11.8 Å². The van der Waals surface area contributed by atoms with Gasteiger partial charge in [0.05, 0.1) is 31.4 Å². The van der Waals surface area contributed by atoms with Crippen LogP contribution in [0.5, 0.6) is 5.75 Å². The Bertz CT molecular complexity index is 1550. The molecule has 8 N–H and O–H groups in total. The van der Waals surface area contributed by atoms with Crippen LogP contribution in [0.15, 0.2) is 72.8 Å². The van der Waals surface area contributed by atoms with Gasteiger partial charge in [-0.25, -0.2) is 8.78 Å². The van der Waals surface area contributed by atoms with E-state index in [2.05, 4.69) is 10.6 Å². The number of ether oxygens (including phenoxy) is 1. The number of anilines is 1. The first-order valence-electron chi connectivity index (χ1n) is 15.1. The number of thioether (sulfide) groups is 1. The van der Waals surface area contributed by atoms with Gasteiger partial charge in [0.25, 0.3) is 5.91 Å². The maximum Gasteiger partial charge on any atom is 0.258 e. The molecule has 3 aromatic rings. The van der Waals surface area contributed by atoms with Crippen molar-refractivity contribution in [1.29, 1.82) is 0 Å². The lowest BCUT2D eigenvalue weighted by atomic mass is 9.92. The number of carbonyl (C=O) groups excluding carboxylic acids is 3. The summed E-state index contributed by atoms with van der Waals surface area (Å²) in [5, 5.41) is 62.1. The molecule has 1 aliphatic heterocycles. The SMILES string of the molecule is O=C(CNC(=O)COc1ccc([C@@H]2[C@@H](SCC(O)c3ccc(F)cc3)C(=O)N2c2ccc(F)cc2)cc1)NC[C@H](O)[C@@H](O)[C@H](O)[C@H](O)CO. The van der Waals surface area contributed by atoms with E-state index in [0.29, 0.717) is 22.6 Å². The quantitative estimate of drug-likeness (QED) is 0.0873. The number of rotatable bonds is 17. The lowest BCUT2D eigenvalue weighted by Gasteiger charge is -2.47. The highest BCUT2D eigenvalue weighted by Gasteiger charge is 2.49. The third-order valence-electron chi connectivity index (χ3n) is 7.71. The van der Waals surface area contributed by atoms with E-state index in [4.69, 9.17) is 9.84 Å². The largest absolute Gasteiger partial charge is 0.484 e. The van der Waals surface area contributed by atoms with E-state index in [1.165, 1.54) is 65.2 Å². The Kier molecular flexibility index (Phi) is 13.4. The number of carbonyl (C=O) groups is 3. The predicted molar refractivity (Wildman–Crippen MR) is 173 cm³/mol. The molecular weight excluding hydrogens is 668 g/mol. The number of nitrogens with zero attached hydrogens (tertiary/aromatic N) is 1. The van der Waals surface area contributed by atoms with Crippen LogP contribution < -0.4 is 20.3 Å². The number of hydrogen-bond acceptors (Lipinski definition) is 11. The summed E-state index contributed by atoms with van der Waals surface area (Å²) in [6.45, 7) is -2.30. The zero-order valence-electron chi connectivity index (χ0n) is 25.9. The van der Waals surface area contributed by atoms with Crippen LogP contribution in [0.25, 0.3) is 0 Å². The van der Waals surface area contributed by atoms with E-state index in [1.807, 2.05) is 0 Å². The third kappa shape index (κ3) is 9.95. The van der Waals surface area contributed by atoms with Gasteiger partial charge in [-0.15, -0.1) is 11.8 Å². The van der Waals surface area contributed by atoms with Gasteiger partial charge in [-0.1, -0.05) is 24.3 Å². The molecule has 49 heavy (non-hydrogen) atoms. The first-order valence-corrected chi connectivity index (χ1v) is 16.2. The Hall–Kier alpha value is -4.16. The first kappa shape index (κ1) is 37.7. The molecule has 13 nitrogen and oxygen atoms in total. The molecule has 264 valence electrons. The number of halogens is 2. The van der Waals surface area contributed by atoms with Crippen molar-refractivity contribution in [3.63, 3.8) is 0 Å². The Morgan fingerprint density at radius 3 is 2.02 bits per heavy atom. The average molecular weight is 706 g/mol. The average Bonchev–Trinajstić information content (AvgIpc) is 3.11.